The molecule has 1 amide bonds. The van der Waals surface area contributed by atoms with Crippen LogP contribution in [0.4, 0.5) is 11.5 Å². The number of ether oxygens (including phenoxy) is 1. The van der Waals surface area contributed by atoms with Gasteiger partial charge in [-0.3, -0.25) is 9.36 Å². The summed E-state index contributed by atoms with van der Waals surface area (Å²) in [4.78, 5) is 27.6. The zero-order valence-electron chi connectivity index (χ0n) is 29.8. The van der Waals surface area contributed by atoms with Crippen molar-refractivity contribution in [3.63, 3.8) is 0 Å². The first kappa shape index (κ1) is 38.3. The molecular formula is C36H52N8O6S. The number of amides is 1. The number of rotatable bonds is 20. The van der Waals surface area contributed by atoms with E-state index in [9.17, 15) is 23.4 Å². The SMILES string of the molecule is CCNC(=O)C1OC(n2cnc3c(NCCCCCCCCCCCCNS(=O)(=O)c4cccc5c(N(C)C)cccc45)ncnc32)C(O)C1O. The Morgan fingerprint density at radius 1 is 0.863 bits per heavy atom. The van der Waals surface area contributed by atoms with E-state index in [-0.39, 0.29) is 0 Å². The number of carbonyl (C=O) groups excluding carboxylic acids is 1. The number of benzene rings is 2. The summed E-state index contributed by atoms with van der Waals surface area (Å²) in [6.45, 7) is 3.30. The highest BCUT2D eigenvalue weighted by Gasteiger charge is 2.47. The number of unbranched alkanes of at least 4 members (excludes halogenated alkanes) is 9. The fourth-order valence-corrected chi connectivity index (χ4v) is 7.89. The maximum Gasteiger partial charge on any atom is 0.252 e. The first-order valence-corrected chi connectivity index (χ1v) is 19.5. The zero-order chi connectivity index (χ0) is 36.4. The molecule has 4 atom stereocenters. The summed E-state index contributed by atoms with van der Waals surface area (Å²) < 4.78 is 36.2. The normalized spacial score (nSPS) is 19.2. The van der Waals surface area contributed by atoms with Crippen LogP contribution in [0, 0.1) is 0 Å². The summed E-state index contributed by atoms with van der Waals surface area (Å²) in [5.74, 6) is 0.0907. The number of nitrogens with zero attached hydrogens (tertiary/aromatic N) is 5. The third-order valence-electron chi connectivity index (χ3n) is 9.30. The van der Waals surface area contributed by atoms with Crippen LogP contribution in [0.2, 0.25) is 0 Å². The number of carbonyl (C=O) groups is 1. The lowest BCUT2D eigenvalue weighted by Crippen LogP contribution is -2.42. The van der Waals surface area contributed by atoms with Crippen LogP contribution in [0.3, 0.4) is 0 Å². The van der Waals surface area contributed by atoms with Crippen molar-refractivity contribution in [2.75, 3.05) is 43.9 Å². The molecule has 1 saturated heterocycles. The second-order valence-corrected chi connectivity index (χ2v) is 15.0. The van der Waals surface area contributed by atoms with Gasteiger partial charge < -0.3 is 30.5 Å². The molecule has 1 aliphatic heterocycles. The predicted octanol–water partition coefficient (Wildman–Crippen LogP) is 4.09. The highest BCUT2D eigenvalue weighted by atomic mass is 32.2. The third kappa shape index (κ3) is 9.32. The highest BCUT2D eigenvalue weighted by Crippen LogP contribution is 2.33. The van der Waals surface area contributed by atoms with Crippen molar-refractivity contribution in [1.82, 2.24) is 29.6 Å². The zero-order valence-corrected chi connectivity index (χ0v) is 30.6. The minimum absolute atomic E-state index is 0.325. The second-order valence-electron chi connectivity index (χ2n) is 13.3. The van der Waals surface area contributed by atoms with Crippen LogP contribution < -0.4 is 20.3 Å². The van der Waals surface area contributed by atoms with Gasteiger partial charge in [-0.05, 0) is 31.9 Å². The van der Waals surface area contributed by atoms with Crippen molar-refractivity contribution in [2.24, 2.45) is 0 Å². The second kappa shape index (κ2) is 18.0. The van der Waals surface area contributed by atoms with E-state index in [0.29, 0.717) is 35.0 Å². The molecule has 3 heterocycles. The fraction of sp³-hybridized carbons (Fsp3) is 0.556. The molecule has 0 bridgehead atoms. The topological polar surface area (TPSA) is 184 Å². The minimum atomic E-state index is -3.60. The first-order chi connectivity index (χ1) is 24.6. The third-order valence-corrected chi connectivity index (χ3v) is 10.8. The average Bonchev–Trinajstić information content (AvgIpc) is 3.68. The molecular weight excluding hydrogens is 673 g/mol. The Bertz CT molecular complexity index is 1850. The summed E-state index contributed by atoms with van der Waals surface area (Å²) in [5.41, 5.74) is 1.94. The molecule has 51 heavy (non-hydrogen) atoms. The summed E-state index contributed by atoms with van der Waals surface area (Å²) >= 11 is 0. The van der Waals surface area contributed by atoms with Crippen molar-refractivity contribution in [2.45, 2.75) is 101 Å². The van der Waals surface area contributed by atoms with Crippen molar-refractivity contribution in [3.8, 4) is 0 Å². The highest BCUT2D eigenvalue weighted by molar-refractivity contribution is 7.89. The van der Waals surface area contributed by atoms with Crippen molar-refractivity contribution >= 4 is 49.4 Å². The van der Waals surface area contributed by atoms with E-state index in [1.54, 1.807) is 19.1 Å². The summed E-state index contributed by atoms with van der Waals surface area (Å²) in [5, 5.41) is 28.6. The number of sulfonamides is 1. The molecule has 5 N–H and O–H groups in total. The van der Waals surface area contributed by atoms with Crippen molar-refractivity contribution in [3.05, 3.63) is 49.1 Å². The molecule has 0 spiro atoms. The molecule has 0 radical (unpaired) electrons. The molecule has 1 aliphatic rings. The van der Waals surface area contributed by atoms with Crippen LogP contribution in [-0.2, 0) is 19.6 Å². The molecule has 0 aliphatic carbocycles. The van der Waals surface area contributed by atoms with Gasteiger partial charge in [-0.15, -0.1) is 0 Å². The van der Waals surface area contributed by atoms with E-state index >= 15 is 0 Å². The number of aliphatic hydroxyl groups excluding tert-OH is 2. The van der Waals surface area contributed by atoms with Gasteiger partial charge in [-0.1, -0.05) is 75.6 Å². The molecule has 2 aromatic heterocycles. The number of fused-ring (bicyclic) bond motifs is 2. The van der Waals surface area contributed by atoms with E-state index in [2.05, 4.69) is 30.3 Å². The van der Waals surface area contributed by atoms with Crippen LogP contribution in [0.5, 0.6) is 0 Å². The Morgan fingerprint density at radius 2 is 1.51 bits per heavy atom. The Balaban J connectivity index is 0.935. The largest absolute Gasteiger partial charge is 0.387 e. The van der Waals surface area contributed by atoms with Gasteiger partial charge in [-0.2, -0.15) is 0 Å². The predicted molar refractivity (Wildman–Crippen MR) is 198 cm³/mol. The Morgan fingerprint density at radius 3 is 2.20 bits per heavy atom. The van der Waals surface area contributed by atoms with Gasteiger partial charge in [0, 0.05) is 50.2 Å². The molecule has 2 aromatic carbocycles. The quantitative estimate of drug-likeness (QED) is 0.0828. The van der Waals surface area contributed by atoms with Crippen molar-refractivity contribution in [1.29, 1.82) is 0 Å². The molecule has 4 unspecified atom stereocenters. The fourth-order valence-electron chi connectivity index (χ4n) is 6.59. The van der Waals surface area contributed by atoms with Gasteiger partial charge in [0.15, 0.2) is 29.3 Å². The van der Waals surface area contributed by atoms with Crippen LogP contribution >= 0.6 is 0 Å². The van der Waals surface area contributed by atoms with E-state index in [0.717, 1.165) is 68.0 Å². The maximum atomic E-state index is 13.1. The first-order valence-electron chi connectivity index (χ1n) is 18.0. The van der Waals surface area contributed by atoms with Gasteiger partial charge in [0.2, 0.25) is 10.0 Å². The molecule has 15 heteroatoms. The van der Waals surface area contributed by atoms with Crippen LogP contribution in [0.1, 0.15) is 77.4 Å². The van der Waals surface area contributed by atoms with Crippen LogP contribution in [0.15, 0.2) is 53.9 Å². The number of nitrogens with one attached hydrogen (secondary N) is 3. The average molecular weight is 725 g/mol. The lowest BCUT2D eigenvalue weighted by atomic mass is 10.1. The van der Waals surface area contributed by atoms with E-state index in [1.165, 1.54) is 36.5 Å². The van der Waals surface area contributed by atoms with Crippen LogP contribution in [0.25, 0.3) is 21.9 Å². The van der Waals surface area contributed by atoms with Gasteiger partial charge in [0.05, 0.1) is 11.2 Å². The van der Waals surface area contributed by atoms with Gasteiger partial charge in [-0.25, -0.2) is 28.1 Å². The Labute approximate surface area is 300 Å². The van der Waals surface area contributed by atoms with Crippen molar-refractivity contribution < 1.29 is 28.2 Å². The van der Waals surface area contributed by atoms with Crippen LogP contribution in [-0.4, -0.2) is 96.1 Å². The van der Waals surface area contributed by atoms with E-state index < -0.39 is 40.5 Å². The number of hydrogen-bond donors (Lipinski definition) is 5. The smallest absolute Gasteiger partial charge is 0.252 e. The van der Waals surface area contributed by atoms with Gasteiger partial charge in [0.1, 0.15) is 18.5 Å². The number of aromatic nitrogens is 4. The van der Waals surface area contributed by atoms with Gasteiger partial charge >= 0.3 is 0 Å². The minimum Gasteiger partial charge on any atom is -0.387 e. The van der Waals surface area contributed by atoms with E-state index in [1.807, 2.05) is 43.3 Å². The lowest BCUT2D eigenvalue weighted by molar-refractivity contribution is -0.137. The standard InChI is InChI=1S/C36H52N8O6S/c1-4-37-35(47)32-30(45)31(46)36(50-32)44-24-41-29-33(39-23-40-34(29)44)38-21-13-11-9-7-5-6-8-10-12-14-22-42-51(48,49)28-20-16-17-25-26(28)18-15-19-27(25)43(2)3/h15-20,23-24,30-32,36,42,45-46H,4-14,21-22H2,1-3H3,(H,37,47)(H,38,39,40). The maximum absolute atomic E-state index is 13.1. The summed E-state index contributed by atoms with van der Waals surface area (Å²) in [6, 6.07) is 11.2. The number of aliphatic hydroxyl groups is 2. The summed E-state index contributed by atoms with van der Waals surface area (Å²) in [6.07, 6.45) is 8.78. The molecule has 14 nitrogen and oxygen atoms in total. The molecule has 278 valence electrons. The number of anilines is 2. The Hall–Kier alpha value is -3.89. The van der Waals surface area contributed by atoms with Gasteiger partial charge in [0.25, 0.3) is 5.91 Å². The monoisotopic (exact) mass is 724 g/mol. The number of imidazole rings is 1. The molecule has 5 rings (SSSR count). The number of likely N-dealkylation sites (N-methyl/N-ethyl adjacent to an activating group) is 1. The Kier molecular flexibility index (Phi) is 13.6. The molecule has 4 aromatic rings. The lowest BCUT2D eigenvalue weighted by Gasteiger charge is -2.17. The molecule has 0 saturated carbocycles. The van der Waals surface area contributed by atoms with E-state index in [4.69, 9.17) is 4.74 Å². The number of hydrogen-bond acceptors (Lipinski definition) is 11. The summed E-state index contributed by atoms with van der Waals surface area (Å²) in [7, 11) is 0.314. The molecule has 1 fully saturated rings.